The van der Waals surface area contributed by atoms with E-state index in [1.165, 1.54) is 19.3 Å². The molecule has 2 rings (SSSR count). The van der Waals surface area contributed by atoms with Crippen molar-refractivity contribution in [3.63, 3.8) is 0 Å². The molecule has 1 nitrogen and oxygen atoms in total. The Bertz CT molecular complexity index is 149. The van der Waals surface area contributed by atoms with Crippen molar-refractivity contribution >= 4 is 0 Å². The van der Waals surface area contributed by atoms with Crippen molar-refractivity contribution in [3.8, 4) is 0 Å². The van der Waals surface area contributed by atoms with Gasteiger partial charge in [-0.1, -0.05) is 20.3 Å². The topological polar surface area (TPSA) is 20.2 Å². The Kier molecular flexibility index (Phi) is 1.71. The van der Waals surface area contributed by atoms with E-state index in [-0.39, 0.29) is 6.10 Å². The van der Waals surface area contributed by atoms with E-state index in [2.05, 4.69) is 13.8 Å². The highest BCUT2D eigenvalue weighted by molar-refractivity contribution is 4.98. The fourth-order valence-corrected chi connectivity index (χ4v) is 3.19. The maximum atomic E-state index is 9.79. The van der Waals surface area contributed by atoms with Crippen molar-refractivity contribution < 1.29 is 5.11 Å². The van der Waals surface area contributed by atoms with E-state index in [1.54, 1.807) is 0 Å². The van der Waals surface area contributed by atoms with Crippen LogP contribution in [0, 0.1) is 23.7 Å². The van der Waals surface area contributed by atoms with Crippen LogP contribution in [0.25, 0.3) is 0 Å². The van der Waals surface area contributed by atoms with Crippen molar-refractivity contribution in [1.82, 2.24) is 0 Å². The molecule has 0 aliphatic heterocycles. The molecule has 1 N–H and O–H groups in total. The zero-order chi connectivity index (χ0) is 8.01. The van der Waals surface area contributed by atoms with Crippen LogP contribution in [0.15, 0.2) is 0 Å². The Hall–Kier alpha value is -0.0400. The molecular formula is C10H18O. The first kappa shape index (κ1) is 7.60. The summed E-state index contributed by atoms with van der Waals surface area (Å²) in [6.45, 7) is 4.46. The molecule has 0 aromatic rings. The zero-order valence-electron chi connectivity index (χ0n) is 7.46. The molecule has 2 fully saturated rings. The third kappa shape index (κ3) is 0.936. The summed E-state index contributed by atoms with van der Waals surface area (Å²) in [5.41, 5.74) is 0. The Morgan fingerprint density at radius 3 is 2.55 bits per heavy atom. The lowest BCUT2D eigenvalue weighted by atomic mass is 9.80. The molecule has 2 aliphatic carbocycles. The molecule has 0 spiro atoms. The van der Waals surface area contributed by atoms with Crippen LogP contribution in [0.4, 0.5) is 0 Å². The second kappa shape index (κ2) is 2.48. The van der Waals surface area contributed by atoms with Crippen molar-refractivity contribution in [3.05, 3.63) is 0 Å². The van der Waals surface area contributed by atoms with Gasteiger partial charge in [-0.3, -0.25) is 0 Å². The molecule has 1 heteroatoms. The van der Waals surface area contributed by atoms with Crippen LogP contribution in [-0.2, 0) is 0 Å². The zero-order valence-corrected chi connectivity index (χ0v) is 7.46. The van der Waals surface area contributed by atoms with Gasteiger partial charge >= 0.3 is 0 Å². The van der Waals surface area contributed by atoms with E-state index < -0.39 is 0 Å². The SMILES string of the molecule is CCC1CC2CC1C(O)C2C. The Morgan fingerprint density at radius 1 is 1.36 bits per heavy atom. The van der Waals surface area contributed by atoms with Crippen LogP contribution >= 0.6 is 0 Å². The van der Waals surface area contributed by atoms with Crippen molar-refractivity contribution in [1.29, 1.82) is 0 Å². The third-order valence-corrected chi connectivity index (χ3v) is 4.03. The van der Waals surface area contributed by atoms with Gasteiger partial charge in [-0.15, -0.1) is 0 Å². The predicted molar refractivity (Wildman–Crippen MR) is 45.2 cm³/mol. The first-order chi connectivity index (χ1) is 5.24. The van der Waals surface area contributed by atoms with Crippen molar-refractivity contribution in [2.24, 2.45) is 23.7 Å². The molecular weight excluding hydrogens is 136 g/mol. The van der Waals surface area contributed by atoms with Crippen LogP contribution in [0.3, 0.4) is 0 Å². The maximum Gasteiger partial charge on any atom is 0.0599 e. The summed E-state index contributed by atoms with van der Waals surface area (Å²) in [5, 5.41) is 9.79. The molecule has 0 heterocycles. The monoisotopic (exact) mass is 154 g/mol. The number of hydrogen-bond donors (Lipinski definition) is 1. The molecule has 5 atom stereocenters. The molecule has 2 saturated carbocycles. The molecule has 11 heavy (non-hydrogen) atoms. The van der Waals surface area contributed by atoms with Gasteiger partial charge in [-0.05, 0) is 36.5 Å². The van der Waals surface area contributed by atoms with Crippen LogP contribution in [0.2, 0.25) is 0 Å². The van der Waals surface area contributed by atoms with Gasteiger partial charge in [0.05, 0.1) is 6.10 Å². The van der Waals surface area contributed by atoms with E-state index in [0.717, 1.165) is 11.8 Å². The summed E-state index contributed by atoms with van der Waals surface area (Å²) in [7, 11) is 0. The normalized spacial score (nSPS) is 55.4. The number of aliphatic hydroxyl groups excluding tert-OH is 1. The molecule has 0 aromatic carbocycles. The molecule has 0 amide bonds. The fraction of sp³-hybridized carbons (Fsp3) is 1.00. The highest BCUT2D eigenvalue weighted by Crippen LogP contribution is 2.52. The van der Waals surface area contributed by atoms with Gasteiger partial charge < -0.3 is 5.11 Å². The number of rotatable bonds is 1. The quantitative estimate of drug-likeness (QED) is 0.613. The summed E-state index contributed by atoms with van der Waals surface area (Å²) in [5.74, 6) is 2.92. The molecule has 0 aromatic heterocycles. The third-order valence-electron chi connectivity index (χ3n) is 4.03. The summed E-state index contributed by atoms with van der Waals surface area (Å²) >= 11 is 0. The van der Waals surface area contributed by atoms with Gasteiger partial charge in [0.15, 0.2) is 0 Å². The van der Waals surface area contributed by atoms with Gasteiger partial charge in [0.2, 0.25) is 0 Å². The number of hydrogen-bond acceptors (Lipinski definition) is 1. The molecule has 2 bridgehead atoms. The fourth-order valence-electron chi connectivity index (χ4n) is 3.19. The Labute approximate surface area is 68.8 Å². The Balaban J connectivity index is 2.10. The lowest BCUT2D eigenvalue weighted by Crippen LogP contribution is -2.30. The van der Waals surface area contributed by atoms with Gasteiger partial charge in [0, 0.05) is 0 Å². The number of fused-ring (bicyclic) bond motifs is 2. The molecule has 0 saturated heterocycles. The summed E-state index contributed by atoms with van der Waals surface area (Å²) in [4.78, 5) is 0. The minimum atomic E-state index is 0.0266. The predicted octanol–water partition coefficient (Wildman–Crippen LogP) is 2.05. The smallest absolute Gasteiger partial charge is 0.0599 e. The molecule has 5 unspecified atom stereocenters. The molecule has 0 radical (unpaired) electrons. The van der Waals surface area contributed by atoms with Crippen LogP contribution < -0.4 is 0 Å². The maximum absolute atomic E-state index is 9.79. The second-order valence-corrected chi connectivity index (χ2v) is 4.41. The van der Waals surface area contributed by atoms with Gasteiger partial charge in [-0.2, -0.15) is 0 Å². The first-order valence-electron chi connectivity index (χ1n) is 4.92. The van der Waals surface area contributed by atoms with Crippen molar-refractivity contribution in [2.75, 3.05) is 0 Å². The van der Waals surface area contributed by atoms with E-state index >= 15 is 0 Å². The summed E-state index contributed by atoms with van der Waals surface area (Å²) in [6, 6.07) is 0. The lowest BCUT2D eigenvalue weighted by Gasteiger charge is -2.29. The van der Waals surface area contributed by atoms with E-state index in [4.69, 9.17) is 0 Å². The average Bonchev–Trinajstić information content (AvgIpc) is 2.53. The minimum absolute atomic E-state index is 0.0266. The average molecular weight is 154 g/mol. The number of aliphatic hydroxyl groups is 1. The van der Waals surface area contributed by atoms with Gasteiger partial charge in [0.1, 0.15) is 0 Å². The van der Waals surface area contributed by atoms with Crippen LogP contribution in [0.5, 0.6) is 0 Å². The molecule has 64 valence electrons. The highest BCUT2D eigenvalue weighted by Gasteiger charge is 2.49. The largest absolute Gasteiger partial charge is 0.393 e. The van der Waals surface area contributed by atoms with Crippen LogP contribution in [0.1, 0.15) is 33.1 Å². The first-order valence-corrected chi connectivity index (χ1v) is 4.92. The van der Waals surface area contributed by atoms with Crippen molar-refractivity contribution in [2.45, 2.75) is 39.2 Å². The summed E-state index contributed by atoms with van der Waals surface area (Å²) in [6.07, 6.45) is 3.99. The lowest BCUT2D eigenvalue weighted by molar-refractivity contribution is 0.0380. The van der Waals surface area contributed by atoms with Gasteiger partial charge in [0.25, 0.3) is 0 Å². The molecule has 2 aliphatic rings. The van der Waals surface area contributed by atoms with E-state index in [9.17, 15) is 5.11 Å². The van der Waals surface area contributed by atoms with E-state index in [0.29, 0.717) is 11.8 Å². The standard InChI is InChI=1S/C10H18O/c1-3-7-4-8-5-9(7)10(11)6(8)2/h6-11H,3-5H2,1-2H3. The second-order valence-electron chi connectivity index (χ2n) is 4.41. The minimum Gasteiger partial charge on any atom is -0.393 e. The highest BCUT2D eigenvalue weighted by atomic mass is 16.3. The van der Waals surface area contributed by atoms with Crippen LogP contribution in [-0.4, -0.2) is 11.2 Å². The Morgan fingerprint density at radius 2 is 2.09 bits per heavy atom. The summed E-state index contributed by atoms with van der Waals surface area (Å²) < 4.78 is 0. The van der Waals surface area contributed by atoms with E-state index in [1.807, 2.05) is 0 Å². The van der Waals surface area contributed by atoms with Gasteiger partial charge in [-0.25, -0.2) is 0 Å².